The lowest BCUT2D eigenvalue weighted by molar-refractivity contribution is -0.193. The van der Waals surface area contributed by atoms with Gasteiger partial charge in [0.25, 0.3) is 0 Å². The largest absolute Gasteiger partial charge is 0.393 e. The summed E-state index contributed by atoms with van der Waals surface area (Å²) in [5.74, 6) is 1.79. The van der Waals surface area contributed by atoms with Crippen molar-refractivity contribution < 1.29 is 14.4 Å². The van der Waals surface area contributed by atoms with Crippen LogP contribution in [0.25, 0.3) is 0 Å². The smallest absolute Gasteiger partial charge is 0.139 e. The molecule has 24 heavy (non-hydrogen) atoms. The maximum absolute atomic E-state index is 10.3. The molecule has 0 amide bonds. The Hall–Kier alpha value is -0.910. The molecule has 1 spiro atoms. The van der Waals surface area contributed by atoms with Crippen LogP contribution < -0.4 is 0 Å². The molecule has 0 bridgehead atoms. The number of piperidine rings is 1. The van der Waals surface area contributed by atoms with Crippen LogP contribution in [0.2, 0.25) is 0 Å². The Morgan fingerprint density at radius 1 is 1.29 bits per heavy atom. The average Bonchev–Trinajstić information content (AvgIpc) is 2.98. The van der Waals surface area contributed by atoms with Gasteiger partial charge in [-0.05, 0) is 25.2 Å². The molecular formula is C19H32N2O3. The van der Waals surface area contributed by atoms with Crippen molar-refractivity contribution in [2.45, 2.75) is 83.6 Å². The Kier molecular flexibility index (Phi) is 5.33. The molecule has 2 atom stereocenters. The van der Waals surface area contributed by atoms with Crippen molar-refractivity contribution in [1.29, 1.82) is 0 Å². The summed E-state index contributed by atoms with van der Waals surface area (Å²) in [5, 5.41) is 14.5. The highest BCUT2D eigenvalue weighted by molar-refractivity contribution is 5.09. The van der Waals surface area contributed by atoms with Crippen molar-refractivity contribution in [3.63, 3.8) is 0 Å². The van der Waals surface area contributed by atoms with E-state index in [2.05, 4.69) is 43.8 Å². The van der Waals surface area contributed by atoms with Crippen molar-refractivity contribution in [3.8, 4) is 0 Å². The van der Waals surface area contributed by atoms with E-state index in [1.165, 1.54) is 0 Å². The predicted molar refractivity (Wildman–Crippen MR) is 92.8 cm³/mol. The van der Waals surface area contributed by atoms with Crippen molar-refractivity contribution in [2.24, 2.45) is 5.92 Å². The van der Waals surface area contributed by atoms with E-state index in [9.17, 15) is 5.11 Å². The monoisotopic (exact) mass is 336 g/mol. The molecule has 1 N–H and O–H groups in total. The summed E-state index contributed by atoms with van der Waals surface area (Å²) in [6, 6.07) is 2.07. The van der Waals surface area contributed by atoms with E-state index in [-0.39, 0.29) is 17.8 Å². The summed E-state index contributed by atoms with van der Waals surface area (Å²) in [7, 11) is 0. The summed E-state index contributed by atoms with van der Waals surface area (Å²) in [5.41, 5.74) is 0.884. The van der Waals surface area contributed by atoms with Crippen molar-refractivity contribution in [3.05, 3.63) is 17.5 Å². The van der Waals surface area contributed by atoms with Gasteiger partial charge in [-0.25, -0.2) is 0 Å². The summed E-state index contributed by atoms with van der Waals surface area (Å²) in [4.78, 5) is 2.42. The van der Waals surface area contributed by atoms with Gasteiger partial charge in [0.05, 0.1) is 23.5 Å². The second-order valence-electron chi connectivity index (χ2n) is 8.33. The van der Waals surface area contributed by atoms with Crippen LogP contribution in [0.1, 0.15) is 70.8 Å². The number of likely N-dealkylation sites (tertiary alicyclic amines) is 1. The molecule has 2 saturated heterocycles. The third-order valence-corrected chi connectivity index (χ3v) is 5.56. The zero-order chi connectivity index (χ0) is 17.3. The second-order valence-corrected chi connectivity index (χ2v) is 8.33. The lowest BCUT2D eigenvalue weighted by Crippen LogP contribution is -2.53. The van der Waals surface area contributed by atoms with Crippen molar-refractivity contribution in [1.82, 2.24) is 10.1 Å². The Bertz CT molecular complexity index is 532. The van der Waals surface area contributed by atoms with Crippen LogP contribution in [-0.4, -0.2) is 46.1 Å². The van der Waals surface area contributed by atoms with Gasteiger partial charge >= 0.3 is 0 Å². The van der Waals surface area contributed by atoms with Gasteiger partial charge in [-0.3, -0.25) is 4.90 Å². The minimum Gasteiger partial charge on any atom is -0.393 e. The van der Waals surface area contributed by atoms with E-state index in [0.29, 0.717) is 11.8 Å². The lowest BCUT2D eigenvalue weighted by atomic mass is 9.80. The molecule has 2 fully saturated rings. The van der Waals surface area contributed by atoms with Crippen LogP contribution in [0.4, 0.5) is 0 Å². The van der Waals surface area contributed by atoms with E-state index in [0.717, 1.165) is 56.8 Å². The molecule has 0 aromatic carbocycles. The Balaban J connectivity index is 1.56. The van der Waals surface area contributed by atoms with Crippen LogP contribution in [0.15, 0.2) is 10.6 Å². The van der Waals surface area contributed by atoms with Gasteiger partial charge in [-0.15, -0.1) is 0 Å². The summed E-state index contributed by atoms with van der Waals surface area (Å²) in [6.07, 6.45) is 3.50. The molecule has 2 aliphatic heterocycles. The first-order valence-corrected chi connectivity index (χ1v) is 9.40. The van der Waals surface area contributed by atoms with E-state index in [1.54, 1.807) is 0 Å². The van der Waals surface area contributed by atoms with Crippen LogP contribution in [0.3, 0.4) is 0 Å². The Labute approximate surface area is 145 Å². The molecule has 2 aliphatic rings. The first-order chi connectivity index (χ1) is 11.4. The van der Waals surface area contributed by atoms with Crippen LogP contribution in [-0.2, 0) is 11.3 Å². The van der Waals surface area contributed by atoms with Gasteiger partial charge in [-0.1, -0.05) is 32.9 Å². The van der Waals surface area contributed by atoms with Gasteiger partial charge in [0.15, 0.2) is 0 Å². The molecule has 0 unspecified atom stereocenters. The maximum Gasteiger partial charge on any atom is 0.139 e. The van der Waals surface area contributed by atoms with Gasteiger partial charge in [0.2, 0.25) is 0 Å². The number of rotatable bonds is 4. The highest BCUT2D eigenvalue weighted by Crippen LogP contribution is 2.39. The number of aliphatic hydroxyl groups excluding tert-OH is 1. The average molecular weight is 336 g/mol. The molecule has 3 rings (SSSR count). The fourth-order valence-electron chi connectivity index (χ4n) is 3.95. The molecule has 1 aromatic rings. The molecular weight excluding hydrogens is 304 g/mol. The predicted octanol–water partition coefficient (Wildman–Crippen LogP) is 3.33. The fraction of sp³-hybridized carbons (Fsp3) is 0.842. The van der Waals surface area contributed by atoms with Crippen molar-refractivity contribution >= 4 is 0 Å². The first-order valence-electron chi connectivity index (χ1n) is 9.40. The quantitative estimate of drug-likeness (QED) is 0.914. The summed E-state index contributed by atoms with van der Waals surface area (Å²) >= 11 is 0. The Morgan fingerprint density at radius 3 is 2.58 bits per heavy atom. The number of ether oxygens (including phenoxy) is 1. The Morgan fingerprint density at radius 2 is 2.00 bits per heavy atom. The third-order valence-electron chi connectivity index (χ3n) is 5.56. The van der Waals surface area contributed by atoms with Crippen LogP contribution in [0.5, 0.6) is 0 Å². The summed E-state index contributed by atoms with van der Waals surface area (Å²) in [6.45, 7) is 11.4. The van der Waals surface area contributed by atoms with Crippen LogP contribution in [0, 0.1) is 5.92 Å². The van der Waals surface area contributed by atoms with Gasteiger partial charge in [0.1, 0.15) is 5.76 Å². The van der Waals surface area contributed by atoms with Gasteiger partial charge in [-0.2, -0.15) is 0 Å². The van der Waals surface area contributed by atoms with E-state index in [4.69, 9.17) is 9.26 Å². The maximum atomic E-state index is 10.3. The molecule has 0 aliphatic carbocycles. The zero-order valence-electron chi connectivity index (χ0n) is 15.5. The molecule has 136 valence electrons. The number of hydrogen-bond acceptors (Lipinski definition) is 5. The van der Waals surface area contributed by atoms with Gasteiger partial charge < -0.3 is 14.4 Å². The highest BCUT2D eigenvalue weighted by atomic mass is 16.5. The second kappa shape index (κ2) is 7.14. The lowest BCUT2D eigenvalue weighted by Gasteiger charge is -2.48. The van der Waals surface area contributed by atoms with Gasteiger partial charge in [0, 0.05) is 38.0 Å². The number of aliphatic hydroxyl groups is 1. The number of hydrogen-bond donors (Lipinski definition) is 1. The topological polar surface area (TPSA) is 58.7 Å². The fourth-order valence-corrected chi connectivity index (χ4v) is 3.95. The highest BCUT2D eigenvalue weighted by Gasteiger charge is 2.43. The minimum atomic E-state index is -0.221. The standard InChI is InChI=1S/C19H32N2O3/c1-13(2)17-10-16(22)11-19(23-17)5-7-21(8-6-19)12-15-9-18(14(3)4)24-20-15/h9,13-14,16-17,22H,5-8,10-12H2,1-4H3/t16-,17-/m1/s1. The van der Waals surface area contributed by atoms with Crippen molar-refractivity contribution in [2.75, 3.05) is 13.1 Å². The minimum absolute atomic E-state index is 0.129. The molecule has 0 radical (unpaired) electrons. The summed E-state index contributed by atoms with van der Waals surface area (Å²) < 4.78 is 11.9. The normalized spacial score (nSPS) is 28.1. The van der Waals surface area contributed by atoms with E-state index >= 15 is 0 Å². The molecule has 5 nitrogen and oxygen atoms in total. The third kappa shape index (κ3) is 4.01. The molecule has 1 aromatic heterocycles. The SMILES string of the molecule is CC(C)c1cc(CN2CCC3(CC2)C[C@H](O)C[C@H](C(C)C)O3)no1. The van der Waals surface area contributed by atoms with E-state index in [1.807, 2.05) is 0 Å². The number of aromatic nitrogens is 1. The first kappa shape index (κ1) is 17.9. The molecule has 5 heteroatoms. The molecule has 3 heterocycles. The van der Waals surface area contributed by atoms with E-state index < -0.39 is 0 Å². The molecule has 0 saturated carbocycles. The zero-order valence-corrected chi connectivity index (χ0v) is 15.5. The van der Waals surface area contributed by atoms with Crippen LogP contribution >= 0.6 is 0 Å². The number of nitrogens with zero attached hydrogens (tertiary/aromatic N) is 2.